The van der Waals surface area contributed by atoms with E-state index in [1.165, 1.54) is 19.2 Å². The molecular weight excluding hydrogens is 356 g/mol. The van der Waals surface area contributed by atoms with Gasteiger partial charge in [0, 0.05) is 12.1 Å². The Bertz CT molecular complexity index is 1030. The fraction of sp³-hybridized carbons (Fsp3) is 0.111. The van der Waals surface area contributed by atoms with Crippen molar-refractivity contribution >= 4 is 27.0 Å². The van der Waals surface area contributed by atoms with E-state index in [4.69, 9.17) is 5.73 Å². The van der Waals surface area contributed by atoms with Crippen molar-refractivity contribution in [1.82, 2.24) is 4.98 Å². The van der Waals surface area contributed by atoms with Gasteiger partial charge in [0.05, 0.1) is 11.1 Å². The highest BCUT2D eigenvalue weighted by molar-refractivity contribution is 7.93. The van der Waals surface area contributed by atoms with Gasteiger partial charge < -0.3 is 5.73 Å². The van der Waals surface area contributed by atoms with Crippen molar-refractivity contribution in [2.45, 2.75) is 22.6 Å². The topological polar surface area (TPSA) is 90.1 Å². The van der Waals surface area contributed by atoms with E-state index in [0.29, 0.717) is 16.1 Å². The number of thiazole rings is 1. The van der Waals surface area contributed by atoms with Crippen molar-refractivity contribution in [3.05, 3.63) is 65.3 Å². The lowest BCUT2D eigenvalue weighted by atomic mass is 10.0. The molecule has 0 aliphatic carbocycles. The maximum Gasteiger partial charge on any atom is 0.217 e. The van der Waals surface area contributed by atoms with E-state index in [1.54, 1.807) is 12.1 Å². The van der Waals surface area contributed by atoms with Gasteiger partial charge in [0.15, 0.2) is 5.78 Å². The maximum atomic E-state index is 12.9. The molecule has 0 unspecified atom stereocenters. The summed E-state index contributed by atoms with van der Waals surface area (Å²) in [6, 6.07) is 14.0. The molecule has 1 aromatic heterocycles. The number of benzene rings is 2. The van der Waals surface area contributed by atoms with Crippen molar-refractivity contribution < 1.29 is 13.2 Å². The van der Waals surface area contributed by atoms with Crippen molar-refractivity contribution in [2.24, 2.45) is 5.73 Å². The van der Waals surface area contributed by atoms with E-state index in [0.717, 1.165) is 16.9 Å². The first-order valence-electron chi connectivity index (χ1n) is 7.53. The second kappa shape index (κ2) is 6.87. The van der Waals surface area contributed by atoms with Gasteiger partial charge in [-0.2, -0.15) is 0 Å². The van der Waals surface area contributed by atoms with Crippen LogP contribution in [0.25, 0.3) is 11.1 Å². The van der Waals surface area contributed by atoms with E-state index >= 15 is 0 Å². The van der Waals surface area contributed by atoms with E-state index in [1.807, 2.05) is 30.3 Å². The first-order valence-corrected chi connectivity index (χ1v) is 9.83. The lowest BCUT2D eigenvalue weighted by Crippen LogP contribution is -2.03. The van der Waals surface area contributed by atoms with Crippen molar-refractivity contribution in [2.75, 3.05) is 0 Å². The SMILES string of the molecule is CC(=O)c1cc(-c2ccccc2)cc(S(=O)(=O)c2cnc(CN)s2)c1. The van der Waals surface area contributed by atoms with E-state index < -0.39 is 9.84 Å². The number of sulfone groups is 1. The summed E-state index contributed by atoms with van der Waals surface area (Å²) in [6.07, 6.45) is 1.31. The molecule has 0 aliphatic rings. The first-order chi connectivity index (χ1) is 11.9. The van der Waals surface area contributed by atoms with Gasteiger partial charge in [-0.1, -0.05) is 30.3 Å². The summed E-state index contributed by atoms with van der Waals surface area (Å²) in [5, 5.41) is 0.546. The molecule has 2 N–H and O–H groups in total. The van der Waals surface area contributed by atoms with Crippen molar-refractivity contribution in [1.29, 1.82) is 0 Å². The van der Waals surface area contributed by atoms with Crippen LogP contribution in [0.3, 0.4) is 0 Å². The Labute approximate surface area is 150 Å². The Morgan fingerprint density at radius 2 is 1.84 bits per heavy atom. The minimum Gasteiger partial charge on any atom is -0.325 e. The number of carbonyl (C=O) groups is 1. The predicted molar refractivity (Wildman–Crippen MR) is 97.3 cm³/mol. The largest absolute Gasteiger partial charge is 0.325 e. The number of rotatable bonds is 5. The molecule has 2 aromatic carbocycles. The molecule has 3 aromatic rings. The molecule has 0 saturated heterocycles. The number of nitrogens with zero attached hydrogens (tertiary/aromatic N) is 1. The van der Waals surface area contributed by atoms with Gasteiger partial charge in [-0.05, 0) is 36.2 Å². The summed E-state index contributed by atoms with van der Waals surface area (Å²) in [5.41, 5.74) is 7.39. The number of Topliss-reactive ketones (excluding diaryl/α,β-unsaturated/α-hetero) is 1. The number of carbonyl (C=O) groups excluding carboxylic acids is 1. The predicted octanol–water partition coefficient (Wildman–Crippen LogP) is 3.30. The fourth-order valence-electron chi connectivity index (χ4n) is 2.38. The highest BCUT2D eigenvalue weighted by Crippen LogP contribution is 2.30. The van der Waals surface area contributed by atoms with Gasteiger partial charge in [-0.3, -0.25) is 4.79 Å². The lowest BCUT2D eigenvalue weighted by molar-refractivity contribution is 0.101. The highest BCUT2D eigenvalue weighted by Gasteiger charge is 2.23. The van der Waals surface area contributed by atoms with Crippen LogP contribution in [0.5, 0.6) is 0 Å². The Balaban J connectivity index is 2.18. The second-order valence-electron chi connectivity index (χ2n) is 5.45. The number of ketones is 1. The lowest BCUT2D eigenvalue weighted by Gasteiger charge is -2.09. The molecule has 0 spiro atoms. The third-order valence-electron chi connectivity index (χ3n) is 3.70. The molecule has 1 heterocycles. The Morgan fingerprint density at radius 1 is 1.12 bits per heavy atom. The van der Waals surface area contributed by atoms with Crippen LogP contribution in [0.4, 0.5) is 0 Å². The average molecular weight is 372 g/mol. The molecule has 0 amide bonds. The molecule has 128 valence electrons. The molecule has 0 aliphatic heterocycles. The molecule has 0 bridgehead atoms. The minimum atomic E-state index is -3.77. The van der Waals surface area contributed by atoms with Gasteiger partial charge >= 0.3 is 0 Å². The molecule has 7 heteroatoms. The number of hydrogen-bond donors (Lipinski definition) is 1. The van der Waals surface area contributed by atoms with Gasteiger partial charge in [0.1, 0.15) is 9.22 Å². The van der Waals surface area contributed by atoms with E-state index in [-0.39, 0.29) is 21.4 Å². The van der Waals surface area contributed by atoms with Gasteiger partial charge in [-0.15, -0.1) is 11.3 Å². The number of nitrogens with two attached hydrogens (primary N) is 1. The van der Waals surface area contributed by atoms with Crippen molar-refractivity contribution in [3.8, 4) is 11.1 Å². The molecule has 25 heavy (non-hydrogen) atoms. The molecular formula is C18H16N2O3S2. The minimum absolute atomic E-state index is 0.0753. The Kier molecular flexibility index (Phi) is 4.80. The van der Waals surface area contributed by atoms with Crippen LogP contribution in [-0.2, 0) is 16.4 Å². The van der Waals surface area contributed by atoms with E-state index in [2.05, 4.69) is 4.98 Å². The standard InChI is InChI=1S/C18H16N2O3S2/c1-12(21)14-7-15(13-5-3-2-4-6-13)9-16(8-14)25(22,23)18-11-20-17(10-19)24-18/h2-9,11H,10,19H2,1H3. The van der Waals surface area contributed by atoms with Crippen LogP contribution in [0.2, 0.25) is 0 Å². The van der Waals surface area contributed by atoms with Crippen LogP contribution in [-0.4, -0.2) is 19.2 Å². The maximum absolute atomic E-state index is 12.9. The fourth-order valence-corrected chi connectivity index (χ4v) is 4.91. The van der Waals surface area contributed by atoms with Gasteiger partial charge in [-0.25, -0.2) is 13.4 Å². The van der Waals surface area contributed by atoms with Crippen LogP contribution in [0.15, 0.2) is 63.8 Å². The number of hydrogen-bond acceptors (Lipinski definition) is 6. The van der Waals surface area contributed by atoms with E-state index in [9.17, 15) is 13.2 Å². The van der Waals surface area contributed by atoms with Crippen LogP contribution >= 0.6 is 11.3 Å². The monoisotopic (exact) mass is 372 g/mol. The van der Waals surface area contributed by atoms with Gasteiger partial charge in [0.2, 0.25) is 9.84 Å². The van der Waals surface area contributed by atoms with Crippen LogP contribution in [0.1, 0.15) is 22.3 Å². The Hall–Kier alpha value is -2.35. The second-order valence-corrected chi connectivity index (χ2v) is 8.74. The zero-order chi connectivity index (χ0) is 18.0. The zero-order valence-electron chi connectivity index (χ0n) is 13.5. The summed E-state index contributed by atoms with van der Waals surface area (Å²) in [4.78, 5) is 16.0. The normalized spacial score (nSPS) is 11.4. The Morgan fingerprint density at radius 3 is 2.44 bits per heavy atom. The van der Waals surface area contributed by atoms with Crippen LogP contribution < -0.4 is 5.73 Å². The third kappa shape index (κ3) is 3.53. The molecule has 0 saturated carbocycles. The average Bonchev–Trinajstić information content (AvgIpc) is 3.12. The summed E-state index contributed by atoms with van der Waals surface area (Å²) in [5.74, 6) is -0.193. The smallest absolute Gasteiger partial charge is 0.217 e. The van der Waals surface area contributed by atoms with Crippen LogP contribution in [0, 0.1) is 0 Å². The molecule has 5 nitrogen and oxygen atoms in total. The summed E-state index contributed by atoms with van der Waals surface area (Å²) >= 11 is 1.04. The quantitative estimate of drug-likeness (QED) is 0.694. The number of aromatic nitrogens is 1. The zero-order valence-corrected chi connectivity index (χ0v) is 15.1. The molecule has 3 rings (SSSR count). The third-order valence-corrected chi connectivity index (χ3v) is 6.92. The highest BCUT2D eigenvalue weighted by atomic mass is 32.2. The molecule has 0 fully saturated rings. The summed E-state index contributed by atoms with van der Waals surface area (Å²) in [6.45, 7) is 1.60. The summed E-state index contributed by atoms with van der Waals surface area (Å²) in [7, 11) is -3.77. The first kappa shape index (κ1) is 17.5. The molecule has 0 radical (unpaired) electrons. The van der Waals surface area contributed by atoms with Gasteiger partial charge in [0.25, 0.3) is 0 Å². The molecule has 0 atom stereocenters. The van der Waals surface area contributed by atoms with Crippen molar-refractivity contribution in [3.63, 3.8) is 0 Å². The summed E-state index contributed by atoms with van der Waals surface area (Å²) < 4.78 is 26.0.